The number of rotatable bonds is 4. The minimum absolute atomic E-state index is 0.336. The maximum Gasteiger partial charge on any atom is 0.131 e. The zero-order chi connectivity index (χ0) is 13.8. The molecule has 2 nitrogen and oxygen atoms in total. The van der Waals surface area contributed by atoms with E-state index in [1.165, 1.54) is 12.1 Å². The van der Waals surface area contributed by atoms with Crippen molar-refractivity contribution in [2.45, 2.75) is 13.3 Å². The van der Waals surface area contributed by atoms with Crippen LogP contribution < -0.4 is 10.5 Å². The first-order valence-corrected chi connectivity index (χ1v) is 6.81. The highest BCUT2D eigenvalue weighted by atomic mass is 79.9. The standard InChI is InChI=1S/C15H15BrFNO/c1-10-2-3-15(11(6-10)4-5-18)19-14-8-12(16)7-13(17)9-14/h2-3,6-9H,4-5,18H2,1H3. The molecular formula is C15H15BrFNO. The summed E-state index contributed by atoms with van der Waals surface area (Å²) in [6, 6.07) is 10.4. The number of ether oxygens (including phenoxy) is 1. The van der Waals surface area contributed by atoms with Gasteiger partial charge in [-0.15, -0.1) is 0 Å². The fraction of sp³-hybridized carbons (Fsp3) is 0.200. The molecule has 0 aliphatic heterocycles. The minimum atomic E-state index is -0.336. The molecule has 0 aromatic heterocycles. The second-order valence-corrected chi connectivity index (χ2v) is 5.27. The summed E-state index contributed by atoms with van der Waals surface area (Å²) in [6.45, 7) is 2.56. The molecule has 19 heavy (non-hydrogen) atoms. The van der Waals surface area contributed by atoms with Gasteiger partial charge < -0.3 is 10.5 Å². The van der Waals surface area contributed by atoms with E-state index in [1.807, 2.05) is 25.1 Å². The second kappa shape index (κ2) is 6.17. The van der Waals surface area contributed by atoms with Crippen molar-refractivity contribution < 1.29 is 9.13 Å². The number of hydrogen-bond donors (Lipinski definition) is 1. The first-order chi connectivity index (χ1) is 9.08. The summed E-state index contributed by atoms with van der Waals surface area (Å²) < 4.78 is 19.7. The zero-order valence-electron chi connectivity index (χ0n) is 10.6. The highest BCUT2D eigenvalue weighted by Gasteiger charge is 2.07. The molecule has 0 saturated heterocycles. The molecule has 0 aliphatic carbocycles. The molecule has 0 aliphatic rings. The molecule has 2 aromatic rings. The maximum atomic E-state index is 13.3. The molecule has 0 radical (unpaired) electrons. The highest BCUT2D eigenvalue weighted by molar-refractivity contribution is 9.10. The molecule has 0 saturated carbocycles. The lowest BCUT2D eigenvalue weighted by molar-refractivity contribution is 0.470. The molecular weight excluding hydrogens is 309 g/mol. The molecule has 2 rings (SSSR count). The Kier molecular flexibility index (Phi) is 4.56. The number of benzene rings is 2. The molecule has 0 spiro atoms. The second-order valence-electron chi connectivity index (χ2n) is 4.36. The van der Waals surface area contributed by atoms with Crippen LogP contribution in [0.1, 0.15) is 11.1 Å². The van der Waals surface area contributed by atoms with Gasteiger partial charge in [0.1, 0.15) is 17.3 Å². The number of aryl methyl sites for hydroxylation is 1. The smallest absolute Gasteiger partial charge is 0.131 e. The minimum Gasteiger partial charge on any atom is -0.457 e. The summed E-state index contributed by atoms with van der Waals surface area (Å²) in [5, 5.41) is 0. The number of halogens is 2. The van der Waals surface area contributed by atoms with Crippen LogP contribution in [0.2, 0.25) is 0 Å². The third-order valence-electron chi connectivity index (χ3n) is 2.69. The largest absolute Gasteiger partial charge is 0.457 e. The third kappa shape index (κ3) is 3.78. The van der Waals surface area contributed by atoms with Gasteiger partial charge in [0.05, 0.1) is 0 Å². The van der Waals surface area contributed by atoms with Crippen molar-refractivity contribution in [2.75, 3.05) is 6.54 Å². The lowest BCUT2D eigenvalue weighted by Crippen LogP contribution is -2.04. The molecule has 100 valence electrons. The van der Waals surface area contributed by atoms with Gasteiger partial charge in [0, 0.05) is 10.5 Å². The Labute approximate surface area is 120 Å². The van der Waals surface area contributed by atoms with Crippen LogP contribution >= 0.6 is 15.9 Å². The summed E-state index contributed by atoms with van der Waals surface area (Å²) in [4.78, 5) is 0. The first kappa shape index (κ1) is 14.0. The molecule has 2 N–H and O–H groups in total. The van der Waals surface area contributed by atoms with E-state index in [0.717, 1.165) is 17.5 Å². The van der Waals surface area contributed by atoms with Gasteiger partial charge in [-0.3, -0.25) is 0 Å². The Balaban J connectivity index is 2.31. The Hall–Kier alpha value is -1.39. The summed E-state index contributed by atoms with van der Waals surface area (Å²) in [6.07, 6.45) is 0.730. The molecule has 0 bridgehead atoms. The monoisotopic (exact) mass is 323 g/mol. The van der Waals surface area contributed by atoms with Crippen molar-refractivity contribution in [3.8, 4) is 11.5 Å². The highest BCUT2D eigenvalue weighted by Crippen LogP contribution is 2.29. The van der Waals surface area contributed by atoms with E-state index < -0.39 is 0 Å². The van der Waals surface area contributed by atoms with E-state index >= 15 is 0 Å². The van der Waals surface area contributed by atoms with Crippen LogP contribution in [0.25, 0.3) is 0 Å². The molecule has 0 atom stereocenters. The Morgan fingerprint density at radius 1 is 1.21 bits per heavy atom. The average Bonchev–Trinajstić information content (AvgIpc) is 2.32. The molecule has 2 aromatic carbocycles. The number of hydrogen-bond acceptors (Lipinski definition) is 2. The lowest BCUT2D eigenvalue weighted by atomic mass is 10.1. The van der Waals surface area contributed by atoms with Crippen LogP contribution in [-0.2, 0) is 6.42 Å². The van der Waals surface area contributed by atoms with Crippen LogP contribution in [-0.4, -0.2) is 6.54 Å². The zero-order valence-corrected chi connectivity index (χ0v) is 12.2. The molecule has 0 unspecified atom stereocenters. The Morgan fingerprint density at radius 2 is 2.00 bits per heavy atom. The average molecular weight is 324 g/mol. The van der Waals surface area contributed by atoms with Gasteiger partial charge in [-0.05, 0) is 43.7 Å². The van der Waals surface area contributed by atoms with Crippen molar-refractivity contribution in [2.24, 2.45) is 5.73 Å². The van der Waals surface area contributed by atoms with Crippen LogP contribution in [0.4, 0.5) is 4.39 Å². The van der Waals surface area contributed by atoms with E-state index in [9.17, 15) is 4.39 Å². The predicted molar refractivity (Wildman–Crippen MR) is 78.1 cm³/mol. The van der Waals surface area contributed by atoms with Gasteiger partial charge in [0.15, 0.2) is 0 Å². The predicted octanol–water partition coefficient (Wildman–Crippen LogP) is 4.19. The molecule has 0 heterocycles. The normalized spacial score (nSPS) is 10.5. The Bertz CT molecular complexity index is 566. The van der Waals surface area contributed by atoms with E-state index in [0.29, 0.717) is 22.5 Å². The van der Waals surface area contributed by atoms with Crippen LogP contribution in [0.3, 0.4) is 0 Å². The first-order valence-electron chi connectivity index (χ1n) is 6.02. The van der Waals surface area contributed by atoms with Crippen LogP contribution in [0, 0.1) is 12.7 Å². The van der Waals surface area contributed by atoms with Crippen LogP contribution in [0.5, 0.6) is 11.5 Å². The van der Waals surface area contributed by atoms with Crippen molar-refractivity contribution >= 4 is 15.9 Å². The molecule has 0 amide bonds. The fourth-order valence-corrected chi connectivity index (χ4v) is 2.32. The van der Waals surface area contributed by atoms with Gasteiger partial charge in [0.2, 0.25) is 0 Å². The van der Waals surface area contributed by atoms with E-state index in [1.54, 1.807) is 6.07 Å². The van der Waals surface area contributed by atoms with Crippen molar-refractivity contribution in [1.82, 2.24) is 0 Å². The fourth-order valence-electron chi connectivity index (χ4n) is 1.87. The third-order valence-corrected chi connectivity index (χ3v) is 3.15. The number of nitrogens with two attached hydrogens (primary N) is 1. The summed E-state index contributed by atoms with van der Waals surface area (Å²) in [7, 11) is 0. The van der Waals surface area contributed by atoms with Crippen LogP contribution in [0.15, 0.2) is 40.9 Å². The van der Waals surface area contributed by atoms with Crippen molar-refractivity contribution in [1.29, 1.82) is 0 Å². The molecule has 4 heteroatoms. The summed E-state index contributed by atoms with van der Waals surface area (Å²) in [5.41, 5.74) is 7.78. The molecule has 0 fully saturated rings. The van der Waals surface area contributed by atoms with Crippen molar-refractivity contribution in [3.63, 3.8) is 0 Å². The van der Waals surface area contributed by atoms with E-state index in [-0.39, 0.29) is 5.82 Å². The van der Waals surface area contributed by atoms with Gasteiger partial charge >= 0.3 is 0 Å². The van der Waals surface area contributed by atoms with Gasteiger partial charge in [-0.25, -0.2) is 4.39 Å². The SMILES string of the molecule is Cc1ccc(Oc2cc(F)cc(Br)c2)c(CCN)c1. The van der Waals surface area contributed by atoms with E-state index in [4.69, 9.17) is 10.5 Å². The van der Waals surface area contributed by atoms with Gasteiger partial charge in [0.25, 0.3) is 0 Å². The quantitative estimate of drug-likeness (QED) is 0.915. The van der Waals surface area contributed by atoms with Gasteiger partial charge in [-0.1, -0.05) is 33.6 Å². The summed E-state index contributed by atoms with van der Waals surface area (Å²) >= 11 is 3.25. The Morgan fingerprint density at radius 3 is 2.68 bits per heavy atom. The topological polar surface area (TPSA) is 35.2 Å². The van der Waals surface area contributed by atoms with Crippen molar-refractivity contribution in [3.05, 3.63) is 57.8 Å². The van der Waals surface area contributed by atoms with Gasteiger partial charge in [-0.2, -0.15) is 0 Å². The maximum absolute atomic E-state index is 13.3. The van der Waals surface area contributed by atoms with E-state index in [2.05, 4.69) is 15.9 Å². The lowest BCUT2D eigenvalue weighted by Gasteiger charge is -2.12. The summed E-state index contributed by atoms with van der Waals surface area (Å²) in [5.74, 6) is 0.847.